The Labute approximate surface area is 427 Å². The molecule has 2 N–H and O–H groups in total. The third kappa shape index (κ3) is 21.8. The van der Waals surface area contributed by atoms with Crippen molar-refractivity contribution in [2.24, 2.45) is 0 Å². The van der Waals surface area contributed by atoms with Gasteiger partial charge in [-0.2, -0.15) is 0 Å². The van der Waals surface area contributed by atoms with Crippen LogP contribution in [0.25, 0.3) is 0 Å². The average molecular weight is 1080 g/mol. The van der Waals surface area contributed by atoms with Gasteiger partial charge in [-0.15, -0.1) is 11.5 Å². The van der Waals surface area contributed by atoms with E-state index < -0.39 is 12.2 Å². The molecule has 66 heavy (non-hydrogen) atoms. The summed E-state index contributed by atoms with van der Waals surface area (Å²) in [5.41, 5.74) is 6.59. The van der Waals surface area contributed by atoms with E-state index in [4.69, 9.17) is 10.2 Å². The van der Waals surface area contributed by atoms with E-state index in [0.29, 0.717) is 13.1 Å². The summed E-state index contributed by atoms with van der Waals surface area (Å²) in [6, 6.07) is 26.6. The predicted octanol–water partition coefficient (Wildman–Crippen LogP) is 7.29. The third-order valence-electron chi connectivity index (χ3n) is 11.0. The van der Waals surface area contributed by atoms with E-state index >= 15 is 0 Å². The Morgan fingerprint density at radius 3 is 0.909 bits per heavy atom. The molecule has 4 rings (SSSR count). The second-order valence-corrected chi connectivity index (χ2v) is 20.0. The molecule has 0 bridgehead atoms. The Morgan fingerprint density at radius 2 is 0.697 bits per heavy atom. The average Bonchev–Trinajstić information content (AvgIpc) is 3.18. The molecule has 12 nitrogen and oxygen atoms in total. The number of likely N-dealkylation sites (N-methyl/N-ethyl adjacent to an activating group) is 2. The number of rotatable bonds is 10. The first-order chi connectivity index (χ1) is 27.6. The predicted molar refractivity (Wildman–Crippen MR) is 246 cm³/mol. The van der Waals surface area contributed by atoms with Gasteiger partial charge < -0.3 is 62.3 Å². The van der Waals surface area contributed by atoms with Crippen LogP contribution < -0.4 is 20.4 Å². The molecule has 4 aromatic carbocycles. The molecule has 0 saturated carbocycles. The SMILES string of the molecule is CO.CO.C[C@H]([C@@H]([O-])c1ccccc1)N(C)Cc1cc(C(C)(C)C)cc(C(C)(C)C)c1[O-].C[C@H]([C@@H]([O-])c1ccccc1)N(C)Cc1cc(C(C)(C)C)cc(C(C)(C)C)c1[O-].[Mo].[Mo].[O-2].[O-2].[O-2].[O-2]. The Morgan fingerprint density at radius 1 is 0.455 bits per heavy atom. The van der Waals surface area contributed by atoms with Crippen molar-refractivity contribution in [1.82, 2.24) is 9.80 Å². The first-order valence-corrected chi connectivity index (χ1v) is 21.1. The van der Waals surface area contributed by atoms with Crippen molar-refractivity contribution in [3.05, 3.63) is 129 Å². The van der Waals surface area contributed by atoms with Crippen molar-refractivity contribution >= 4 is 0 Å². The molecule has 0 radical (unpaired) electrons. The minimum atomic E-state index is -0.853. The normalized spacial score (nSPS) is 12.8. The summed E-state index contributed by atoms with van der Waals surface area (Å²) in [6.45, 7) is 30.3. The molecule has 4 atom stereocenters. The Kier molecular flexibility index (Phi) is 36.7. The van der Waals surface area contributed by atoms with Crippen molar-refractivity contribution in [2.75, 3.05) is 28.3 Å². The first kappa shape index (κ1) is 75.0. The number of nitrogens with zero attached hydrogens (tertiary/aromatic N) is 2. The van der Waals surface area contributed by atoms with Gasteiger partial charge in [0.2, 0.25) is 0 Å². The fourth-order valence-electron chi connectivity index (χ4n) is 6.72. The van der Waals surface area contributed by atoms with E-state index in [1.807, 2.05) is 111 Å². The summed E-state index contributed by atoms with van der Waals surface area (Å²) >= 11 is 0. The summed E-state index contributed by atoms with van der Waals surface area (Å²) < 4.78 is 0. The monoisotopic (exact) mass is 1090 g/mol. The standard InChI is InChI=1S/2C25H36NO2.2CH4O.2Mo.4O/c2*1-17(22(27)18-12-10-9-11-13-18)26(8)16-19-14-20(24(2,3)4)15-21(23(19)28)25(5,6)7;2*1-2;;;;;;/h2*9-15,17,22,28H,16H2,1-8H3;2*2H,1H3;;;;;;/q2*-1;;;;;4*-2/p-2/t2*17-,22-;;;;;;;;/m11......../s1. The summed E-state index contributed by atoms with van der Waals surface area (Å²) in [4.78, 5) is 4.00. The molecule has 380 valence electrons. The minimum Gasteiger partial charge on any atom is -2.00 e. The van der Waals surface area contributed by atoms with Crippen molar-refractivity contribution in [2.45, 2.75) is 156 Å². The van der Waals surface area contributed by atoms with Gasteiger partial charge in [-0.3, -0.25) is 0 Å². The molecule has 4 aromatic rings. The zero-order valence-corrected chi connectivity index (χ0v) is 46.7. The van der Waals surface area contributed by atoms with Crippen molar-refractivity contribution in [3.8, 4) is 11.5 Å². The smallest absolute Gasteiger partial charge is 0.0319 e. The van der Waals surface area contributed by atoms with Gasteiger partial charge in [0.25, 0.3) is 0 Å². The molecule has 0 fully saturated rings. The van der Waals surface area contributed by atoms with Crippen LogP contribution in [0, 0.1) is 0 Å². The van der Waals surface area contributed by atoms with Crippen molar-refractivity contribution in [1.29, 1.82) is 0 Å². The van der Waals surface area contributed by atoms with E-state index in [2.05, 4.69) is 95.2 Å². The molecule has 0 spiro atoms. The molecule has 0 heterocycles. The molecule has 14 heteroatoms. The van der Waals surface area contributed by atoms with Crippen LogP contribution in [0.4, 0.5) is 0 Å². The molecular weight excluding hydrogens is 1000 g/mol. The maximum atomic E-state index is 13.2. The van der Waals surface area contributed by atoms with Crippen LogP contribution in [0.2, 0.25) is 0 Å². The van der Waals surface area contributed by atoms with E-state index in [1.165, 1.54) is 0 Å². The second-order valence-electron chi connectivity index (χ2n) is 20.0. The fourth-order valence-corrected chi connectivity index (χ4v) is 6.72. The van der Waals surface area contributed by atoms with Gasteiger partial charge in [0, 0.05) is 69.4 Å². The Balaban J connectivity index is -0.000000234. The fraction of sp³-hybridized carbons (Fsp3) is 0.538. The molecule has 0 aromatic heterocycles. The van der Waals surface area contributed by atoms with Gasteiger partial charge in [-0.05, 0) is 81.2 Å². The summed E-state index contributed by atoms with van der Waals surface area (Å²) in [6.07, 6.45) is -1.71. The Bertz CT molecular complexity index is 1740. The van der Waals surface area contributed by atoms with Crippen LogP contribution >= 0.6 is 0 Å². The zero-order chi connectivity index (χ0) is 46.6. The van der Waals surface area contributed by atoms with Crippen LogP contribution in [0.1, 0.15) is 154 Å². The molecule has 0 aliphatic rings. The van der Waals surface area contributed by atoms with Gasteiger partial charge in [-0.25, -0.2) is 0 Å². The van der Waals surface area contributed by atoms with Gasteiger partial charge in [0.05, 0.1) is 0 Å². The number of aliphatic hydroxyl groups excluding tert-OH is 2. The minimum absolute atomic E-state index is 0. The largest absolute Gasteiger partial charge is 2.00 e. The first-order valence-electron chi connectivity index (χ1n) is 21.1. The summed E-state index contributed by atoms with van der Waals surface area (Å²) in [7, 11) is 5.86. The van der Waals surface area contributed by atoms with E-state index in [0.717, 1.165) is 58.7 Å². The molecule has 0 aliphatic carbocycles. The van der Waals surface area contributed by atoms with Gasteiger partial charge >= 0.3 is 0 Å². The molecular formula is C52H78Mo2N2O10-12. The third-order valence-corrected chi connectivity index (χ3v) is 11.0. The summed E-state index contributed by atoms with van der Waals surface area (Å²) in [5, 5.41) is 66.1. The maximum absolute atomic E-state index is 13.2. The number of benzene rings is 4. The molecule has 0 saturated heterocycles. The van der Waals surface area contributed by atoms with Crippen molar-refractivity contribution in [3.63, 3.8) is 0 Å². The quantitative estimate of drug-likeness (QED) is 0.152. The van der Waals surface area contributed by atoms with Crippen LogP contribution in [-0.2, 0) is 98.8 Å². The van der Waals surface area contributed by atoms with Gasteiger partial charge in [0.15, 0.2) is 0 Å². The van der Waals surface area contributed by atoms with Crippen LogP contribution in [0.5, 0.6) is 11.5 Å². The van der Waals surface area contributed by atoms with E-state index in [9.17, 15) is 20.4 Å². The van der Waals surface area contributed by atoms with E-state index in [1.54, 1.807) is 0 Å². The van der Waals surface area contributed by atoms with Crippen molar-refractivity contribution < 1.29 is 94.7 Å². The maximum Gasteiger partial charge on any atom is 0.0319 e. The van der Waals surface area contributed by atoms with E-state index in [-0.39, 0.29) is 109 Å². The molecule has 0 unspecified atom stereocenters. The number of hydrogen-bond donors (Lipinski definition) is 2. The number of hydrogen-bond acceptors (Lipinski definition) is 8. The van der Waals surface area contributed by atoms with Gasteiger partial charge in [-0.1, -0.05) is 205 Å². The molecule has 0 amide bonds. The summed E-state index contributed by atoms with van der Waals surface area (Å²) in [5.74, 6) is 0.198. The second kappa shape index (κ2) is 32.3. The van der Waals surface area contributed by atoms with Crippen LogP contribution in [0.3, 0.4) is 0 Å². The zero-order valence-electron chi connectivity index (χ0n) is 42.7. The number of aliphatic hydroxyl groups is 2. The van der Waals surface area contributed by atoms with Crippen LogP contribution in [-0.4, -0.2) is 60.4 Å². The topological polar surface area (TPSA) is 253 Å². The van der Waals surface area contributed by atoms with Gasteiger partial charge in [0.1, 0.15) is 0 Å². The molecule has 0 aliphatic heterocycles. The van der Waals surface area contributed by atoms with Crippen LogP contribution in [0.15, 0.2) is 84.9 Å². The Hall–Kier alpha value is -2.54.